The normalized spacial score (nSPS) is 18.7. The van der Waals surface area contributed by atoms with Gasteiger partial charge in [0.1, 0.15) is 12.4 Å². The van der Waals surface area contributed by atoms with E-state index in [1.807, 2.05) is 26.2 Å². The first-order valence-electron chi connectivity index (χ1n) is 8.10. The molecule has 6 heteroatoms. The summed E-state index contributed by atoms with van der Waals surface area (Å²) in [5.41, 5.74) is 0. The van der Waals surface area contributed by atoms with Gasteiger partial charge in [0, 0.05) is 24.7 Å². The molecule has 1 aliphatic rings. The number of likely N-dealkylation sites (tertiary alicyclic amines) is 1. The van der Waals surface area contributed by atoms with Crippen LogP contribution in [0.1, 0.15) is 12.8 Å². The fourth-order valence-electron chi connectivity index (χ4n) is 2.70. The van der Waals surface area contributed by atoms with Crippen LogP contribution in [0, 0.1) is 0 Å². The van der Waals surface area contributed by atoms with Crippen molar-refractivity contribution in [2.75, 3.05) is 46.9 Å². The lowest BCUT2D eigenvalue weighted by molar-refractivity contribution is -0.131. The molecule has 128 valence electrons. The number of rotatable bonds is 7. The van der Waals surface area contributed by atoms with Crippen molar-refractivity contribution in [3.8, 4) is 5.75 Å². The van der Waals surface area contributed by atoms with Crippen LogP contribution in [0.5, 0.6) is 5.75 Å². The SMILES string of the molecule is CNC1CCCN(CC(=O)N(C)CCOc2ccc(Cl)cc2)C1. The molecule has 1 heterocycles. The standard InChI is InChI=1S/C17H26ClN3O2/c1-19-15-4-3-9-21(12-15)13-17(22)20(2)10-11-23-16-7-5-14(18)6-8-16/h5-8,15,19H,3-4,9-13H2,1-2H3. The van der Waals surface area contributed by atoms with Crippen LogP contribution < -0.4 is 10.1 Å². The van der Waals surface area contributed by atoms with Gasteiger partial charge in [-0.3, -0.25) is 9.69 Å². The molecule has 0 saturated carbocycles. The number of benzene rings is 1. The smallest absolute Gasteiger partial charge is 0.236 e. The average Bonchev–Trinajstić information content (AvgIpc) is 2.56. The zero-order valence-corrected chi connectivity index (χ0v) is 14.7. The number of likely N-dealkylation sites (N-methyl/N-ethyl adjacent to an activating group) is 2. The third-order valence-electron chi connectivity index (χ3n) is 4.21. The van der Waals surface area contributed by atoms with Gasteiger partial charge in [-0.15, -0.1) is 0 Å². The lowest BCUT2D eigenvalue weighted by Crippen LogP contribution is -2.48. The van der Waals surface area contributed by atoms with Crippen molar-refractivity contribution in [3.05, 3.63) is 29.3 Å². The molecule has 0 aliphatic carbocycles. The molecule has 1 saturated heterocycles. The van der Waals surface area contributed by atoms with Crippen LogP contribution in [0.4, 0.5) is 0 Å². The van der Waals surface area contributed by atoms with Gasteiger partial charge in [-0.05, 0) is 50.7 Å². The minimum absolute atomic E-state index is 0.140. The molecule has 23 heavy (non-hydrogen) atoms. The second-order valence-corrected chi connectivity index (χ2v) is 6.42. The summed E-state index contributed by atoms with van der Waals surface area (Å²) in [7, 11) is 3.81. The minimum Gasteiger partial charge on any atom is -0.492 e. The predicted molar refractivity (Wildman–Crippen MR) is 93.1 cm³/mol. The van der Waals surface area contributed by atoms with E-state index in [9.17, 15) is 4.79 Å². The number of amides is 1. The van der Waals surface area contributed by atoms with E-state index in [1.165, 1.54) is 6.42 Å². The van der Waals surface area contributed by atoms with Gasteiger partial charge in [-0.1, -0.05) is 11.6 Å². The first-order chi connectivity index (χ1) is 11.1. The van der Waals surface area contributed by atoms with E-state index in [-0.39, 0.29) is 5.91 Å². The summed E-state index contributed by atoms with van der Waals surface area (Å²) in [4.78, 5) is 16.2. The third kappa shape index (κ3) is 6.01. The summed E-state index contributed by atoms with van der Waals surface area (Å²) in [6.45, 7) is 3.47. The Morgan fingerprint density at radius 2 is 2.17 bits per heavy atom. The fraction of sp³-hybridized carbons (Fsp3) is 0.588. The Morgan fingerprint density at radius 3 is 2.87 bits per heavy atom. The highest BCUT2D eigenvalue weighted by molar-refractivity contribution is 6.30. The Hall–Kier alpha value is -1.30. The second kappa shape index (κ2) is 9.11. The Balaban J connectivity index is 1.69. The number of piperidine rings is 1. The van der Waals surface area contributed by atoms with Crippen molar-refractivity contribution in [1.29, 1.82) is 0 Å². The first kappa shape index (κ1) is 18.0. The van der Waals surface area contributed by atoms with E-state index in [2.05, 4.69) is 10.2 Å². The van der Waals surface area contributed by atoms with Crippen LogP contribution in [0.25, 0.3) is 0 Å². The third-order valence-corrected chi connectivity index (χ3v) is 4.46. The first-order valence-corrected chi connectivity index (χ1v) is 8.48. The molecule has 0 radical (unpaired) electrons. The summed E-state index contributed by atoms with van der Waals surface area (Å²) < 4.78 is 5.63. The van der Waals surface area contributed by atoms with E-state index in [4.69, 9.17) is 16.3 Å². The number of hydrogen-bond acceptors (Lipinski definition) is 4. The molecule has 0 aromatic heterocycles. The number of carbonyl (C=O) groups is 1. The van der Waals surface area contributed by atoms with Gasteiger partial charge < -0.3 is 15.0 Å². The molecule has 1 atom stereocenters. The number of nitrogens with zero attached hydrogens (tertiary/aromatic N) is 2. The van der Waals surface area contributed by atoms with E-state index in [0.29, 0.717) is 30.8 Å². The van der Waals surface area contributed by atoms with Crippen molar-refractivity contribution in [2.45, 2.75) is 18.9 Å². The van der Waals surface area contributed by atoms with Crippen molar-refractivity contribution in [3.63, 3.8) is 0 Å². The zero-order chi connectivity index (χ0) is 16.7. The lowest BCUT2D eigenvalue weighted by Gasteiger charge is -2.33. The second-order valence-electron chi connectivity index (χ2n) is 5.98. The molecule has 0 bridgehead atoms. The van der Waals surface area contributed by atoms with Gasteiger partial charge in [0.25, 0.3) is 0 Å². The lowest BCUT2D eigenvalue weighted by atomic mass is 10.1. The van der Waals surface area contributed by atoms with Gasteiger partial charge in [-0.25, -0.2) is 0 Å². The van der Waals surface area contributed by atoms with Gasteiger partial charge in [0.2, 0.25) is 5.91 Å². The summed E-state index contributed by atoms with van der Waals surface area (Å²) >= 11 is 5.83. The Bertz CT molecular complexity index is 495. The largest absolute Gasteiger partial charge is 0.492 e. The van der Waals surface area contributed by atoms with E-state index in [1.54, 1.807) is 17.0 Å². The van der Waals surface area contributed by atoms with Crippen molar-refractivity contribution >= 4 is 17.5 Å². The molecular formula is C17H26ClN3O2. The van der Waals surface area contributed by atoms with Crippen LogP contribution in [-0.4, -0.2) is 68.6 Å². The summed E-state index contributed by atoms with van der Waals surface area (Å²) in [5.74, 6) is 0.907. The van der Waals surface area contributed by atoms with Crippen LogP contribution in [0.3, 0.4) is 0 Å². The minimum atomic E-state index is 0.140. The molecule has 1 aliphatic heterocycles. The molecule has 0 spiro atoms. The summed E-state index contributed by atoms with van der Waals surface area (Å²) in [5, 5.41) is 3.98. The molecule has 2 rings (SSSR count). The van der Waals surface area contributed by atoms with Crippen LogP contribution in [0.2, 0.25) is 5.02 Å². The molecule has 1 amide bonds. The van der Waals surface area contributed by atoms with Gasteiger partial charge in [0.15, 0.2) is 0 Å². The maximum absolute atomic E-state index is 12.3. The zero-order valence-electron chi connectivity index (χ0n) is 13.9. The topological polar surface area (TPSA) is 44.8 Å². The molecule has 1 unspecified atom stereocenters. The maximum Gasteiger partial charge on any atom is 0.236 e. The van der Waals surface area contributed by atoms with Crippen LogP contribution in [-0.2, 0) is 4.79 Å². The fourth-order valence-corrected chi connectivity index (χ4v) is 2.83. The van der Waals surface area contributed by atoms with E-state index < -0.39 is 0 Å². The Kier molecular flexibility index (Phi) is 7.15. The highest BCUT2D eigenvalue weighted by atomic mass is 35.5. The van der Waals surface area contributed by atoms with Crippen LogP contribution in [0.15, 0.2) is 24.3 Å². The molecule has 5 nitrogen and oxygen atoms in total. The van der Waals surface area contributed by atoms with Gasteiger partial charge in [0.05, 0.1) is 13.1 Å². The number of halogens is 1. The van der Waals surface area contributed by atoms with E-state index >= 15 is 0 Å². The number of hydrogen-bond donors (Lipinski definition) is 1. The molecule has 1 aromatic carbocycles. The number of nitrogens with one attached hydrogen (secondary N) is 1. The molecule has 1 fully saturated rings. The molecular weight excluding hydrogens is 314 g/mol. The van der Waals surface area contributed by atoms with Crippen molar-refractivity contribution in [1.82, 2.24) is 15.1 Å². The van der Waals surface area contributed by atoms with Crippen molar-refractivity contribution < 1.29 is 9.53 Å². The number of carbonyl (C=O) groups excluding carboxylic acids is 1. The predicted octanol–water partition coefficient (Wildman–Crippen LogP) is 1.86. The van der Waals surface area contributed by atoms with Crippen molar-refractivity contribution in [2.24, 2.45) is 0 Å². The quantitative estimate of drug-likeness (QED) is 0.823. The molecule has 1 aromatic rings. The van der Waals surface area contributed by atoms with E-state index in [0.717, 1.165) is 25.3 Å². The van der Waals surface area contributed by atoms with Crippen LogP contribution >= 0.6 is 11.6 Å². The maximum atomic E-state index is 12.3. The van der Waals surface area contributed by atoms with Gasteiger partial charge in [-0.2, -0.15) is 0 Å². The average molecular weight is 340 g/mol. The highest BCUT2D eigenvalue weighted by Crippen LogP contribution is 2.15. The summed E-state index contributed by atoms with van der Waals surface area (Å²) in [6.07, 6.45) is 2.33. The number of ether oxygens (including phenoxy) is 1. The van der Waals surface area contributed by atoms with Gasteiger partial charge >= 0.3 is 0 Å². The Morgan fingerprint density at radius 1 is 1.43 bits per heavy atom. The monoisotopic (exact) mass is 339 g/mol. The molecule has 1 N–H and O–H groups in total. The Labute approximate surface area is 143 Å². The summed E-state index contributed by atoms with van der Waals surface area (Å²) in [6, 6.07) is 7.74. The highest BCUT2D eigenvalue weighted by Gasteiger charge is 2.21.